The highest BCUT2D eigenvalue weighted by atomic mass is 16.4. The van der Waals surface area contributed by atoms with Crippen LogP contribution >= 0.6 is 0 Å². The summed E-state index contributed by atoms with van der Waals surface area (Å²) in [6, 6.07) is 12.3. The second-order valence-corrected chi connectivity index (χ2v) is 4.03. The first kappa shape index (κ1) is 10.5. The lowest BCUT2D eigenvalue weighted by Gasteiger charge is -2.04. The monoisotopic (exact) mass is 239 g/mol. The van der Waals surface area contributed by atoms with Crippen LogP contribution < -0.4 is 0 Å². The van der Waals surface area contributed by atoms with Crippen molar-refractivity contribution >= 4 is 11.7 Å². The zero-order chi connectivity index (χ0) is 12.7. The number of hydrogen-bond acceptors (Lipinski definition) is 3. The highest BCUT2D eigenvalue weighted by molar-refractivity contribution is 6.26. The van der Waals surface area contributed by atoms with Crippen LogP contribution in [-0.4, -0.2) is 22.0 Å². The normalized spacial score (nSPS) is 14.3. The van der Waals surface area contributed by atoms with Gasteiger partial charge in [-0.15, -0.1) is 0 Å². The fourth-order valence-corrected chi connectivity index (χ4v) is 2.38. The van der Waals surface area contributed by atoms with Crippen molar-refractivity contribution in [1.29, 1.82) is 0 Å². The number of nitrogens with zero attached hydrogens (tertiary/aromatic N) is 1. The molecule has 0 spiro atoms. The fourth-order valence-electron chi connectivity index (χ4n) is 2.38. The summed E-state index contributed by atoms with van der Waals surface area (Å²) in [4.78, 5) is 11.3. The first-order chi connectivity index (χ1) is 8.74. The highest BCUT2D eigenvalue weighted by Crippen LogP contribution is 2.39. The molecule has 0 aliphatic heterocycles. The van der Waals surface area contributed by atoms with Crippen molar-refractivity contribution in [1.82, 2.24) is 0 Å². The second kappa shape index (κ2) is 3.70. The van der Waals surface area contributed by atoms with E-state index in [1.807, 2.05) is 24.3 Å². The Hall–Kier alpha value is -2.62. The van der Waals surface area contributed by atoms with E-state index >= 15 is 0 Å². The molecule has 88 valence electrons. The van der Waals surface area contributed by atoms with Gasteiger partial charge in [-0.05, 0) is 11.6 Å². The van der Waals surface area contributed by atoms with Gasteiger partial charge in [0.25, 0.3) is 0 Å². The molecule has 3 rings (SSSR count). The maximum Gasteiger partial charge on any atom is 0.336 e. The lowest BCUT2D eigenvalue weighted by Crippen LogP contribution is -2.01. The zero-order valence-corrected chi connectivity index (χ0v) is 9.29. The predicted octanol–water partition coefficient (Wildman–Crippen LogP) is 2.59. The fraction of sp³-hybridized carbons (Fsp3) is 0. The minimum Gasteiger partial charge on any atom is -0.478 e. The molecular weight excluding hydrogens is 230 g/mol. The van der Waals surface area contributed by atoms with Crippen LogP contribution in [0.25, 0.3) is 11.1 Å². The number of rotatable bonds is 1. The largest absolute Gasteiger partial charge is 0.478 e. The molecule has 0 aromatic heterocycles. The molecule has 2 aromatic rings. The molecule has 1 aliphatic rings. The molecule has 1 aliphatic carbocycles. The molecule has 0 heterocycles. The van der Waals surface area contributed by atoms with Crippen LogP contribution in [0.15, 0.2) is 47.6 Å². The van der Waals surface area contributed by atoms with Crippen molar-refractivity contribution in [2.24, 2.45) is 5.16 Å². The van der Waals surface area contributed by atoms with Gasteiger partial charge in [-0.3, -0.25) is 0 Å². The minimum atomic E-state index is -0.985. The van der Waals surface area contributed by atoms with E-state index in [1.165, 1.54) is 0 Å². The number of oxime groups is 1. The standard InChI is InChI=1S/C14H9NO3/c16-14(17)11-7-3-6-10-12(11)8-4-1-2-5-9(8)13(10)15-18/h1-7,18H,(H,16,17)/b15-13+. The third kappa shape index (κ3) is 1.26. The smallest absolute Gasteiger partial charge is 0.336 e. The lowest BCUT2D eigenvalue weighted by atomic mass is 10.00. The van der Waals surface area contributed by atoms with Crippen molar-refractivity contribution in [3.05, 3.63) is 59.2 Å². The van der Waals surface area contributed by atoms with Gasteiger partial charge in [0, 0.05) is 16.7 Å². The van der Waals surface area contributed by atoms with Gasteiger partial charge < -0.3 is 10.3 Å². The Morgan fingerprint density at radius 3 is 2.28 bits per heavy atom. The van der Waals surface area contributed by atoms with Crippen LogP contribution in [0.1, 0.15) is 21.5 Å². The molecule has 0 amide bonds. The van der Waals surface area contributed by atoms with Gasteiger partial charge in [0.05, 0.1) is 5.56 Å². The van der Waals surface area contributed by atoms with E-state index in [0.717, 1.165) is 11.1 Å². The summed E-state index contributed by atoms with van der Waals surface area (Å²) in [5.74, 6) is -0.985. The van der Waals surface area contributed by atoms with Gasteiger partial charge >= 0.3 is 5.97 Å². The van der Waals surface area contributed by atoms with Crippen molar-refractivity contribution in [3.63, 3.8) is 0 Å². The van der Waals surface area contributed by atoms with Gasteiger partial charge in [0.15, 0.2) is 0 Å². The number of aromatic carboxylic acids is 1. The number of carboxylic acids is 1. The van der Waals surface area contributed by atoms with Crippen LogP contribution in [-0.2, 0) is 0 Å². The van der Waals surface area contributed by atoms with Gasteiger partial charge in [0.1, 0.15) is 5.71 Å². The molecule has 2 aromatic carbocycles. The molecule has 0 atom stereocenters. The summed E-state index contributed by atoms with van der Waals surface area (Å²) in [5.41, 5.74) is 3.45. The third-order valence-electron chi connectivity index (χ3n) is 3.10. The van der Waals surface area contributed by atoms with E-state index in [9.17, 15) is 9.90 Å². The van der Waals surface area contributed by atoms with E-state index in [2.05, 4.69) is 5.16 Å². The number of fused-ring (bicyclic) bond motifs is 3. The lowest BCUT2D eigenvalue weighted by molar-refractivity contribution is 0.0697. The number of hydrogen-bond donors (Lipinski definition) is 2. The average Bonchev–Trinajstić information content (AvgIpc) is 2.72. The summed E-state index contributed by atoms with van der Waals surface area (Å²) in [6.45, 7) is 0. The Labute approximate surface area is 103 Å². The molecule has 0 radical (unpaired) electrons. The van der Waals surface area contributed by atoms with Crippen LogP contribution in [0.5, 0.6) is 0 Å². The molecular formula is C14H9NO3. The molecule has 0 saturated heterocycles. The summed E-state index contributed by atoms with van der Waals surface area (Å²) >= 11 is 0. The van der Waals surface area contributed by atoms with Crippen molar-refractivity contribution in [2.75, 3.05) is 0 Å². The summed E-state index contributed by atoms with van der Waals surface area (Å²) < 4.78 is 0. The van der Waals surface area contributed by atoms with Gasteiger partial charge in [0.2, 0.25) is 0 Å². The number of carboxylic acid groups (broad SMARTS) is 1. The maximum atomic E-state index is 11.3. The number of benzene rings is 2. The van der Waals surface area contributed by atoms with E-state index in [4.69, 9.17) is 5.21 Å². The Morgan fingerprint density at radius 2 is 1.61 bits per heavy atom. The van der Waals surface area contributed by atoms with Crippen LogP contribution in [0.2, 0.25) is 0 Å². The van der Waals surface area contributed by atoms with Crippen LogP contribution in [0.4, 0.5) is 0 Å². The Morgan fingerprint density at radius 1 is 0.944 bits per heavy atom. The van der Waals surface area contributed by atoms with Crippen molar-refractivity contribution in [3.8, 4) is 11.1 Å². The summed E-state index contributed by atoms with van der Waals surface area (Å²) in [7, 11) is 0. The van der Waals surface area contributed by atoms with E-state index in [1.54, 1.807) is 18.2 Å². The van der Waals surface area contributed by atoms with Gasteiger partial charge in [-0.25, -0.2) is 4.79 Å². The number of carbonyl (C=O) groups is 1. The summed E-state index contributed by atoms with van der Waals surface area (Å²) in [5, 5.41) is 21.7. The Kier molecular flexibility index (Phi) is 2.16. The first-order valence-electron chi connectivity index (χ1n) is 5.42. The predicted molar refractivity (Wildman–Crippen MR) is 66.3 cm³/mol. The maximum absolute atomic E-state index is 11.3. The van der Waals surface area contributed by atoms with E-state index in [0.29, 0.717) is 16.8 Å². The average molecular weight is 239 g/mol. The van der Waals surface area contributed by atoms with E-state index in [-0.39, 0.29) is 5.56 Å². The summed E-state index contributed by atoms with van der Waals surface area (Å²) in [6.07, 6.45) is 0. The Balaban J connectivity index is 2.43. The first-order valence-corrected chi connectivity index (χ1v) is 5.42. The highest BCUT2D eigenvalue weighted by Gasteiger charge is 2.28. The molecule has 0 saturated carbocycles. The SMILES string of the molecule is O=C(O)c1cccc2c1-c1ccccc1/C2=N\O. The Bertz CT molecular complexity index is 689. The topological polar surface area (TPSA) is 69.9 Å². The molecule has 4 heteroatoms. The van der Waals surface area contributed by atoms with Gasteiger partial charge in [-0.2, -0.15) is 0 Å². The minimum absolute atomic E-state index is 0.221. The quantitative estimate of drug-likeness (QED) is 0.506. The molecule has 18 heavy (non-hydrogen) atoms. The zero-order valence-electron chi connectivity index (χ0n) is 9.29. The van der Waals surface area contributed by atoms with Crippen LogP contribution in [0, 0.1) is 0 Å². The molecule has 2 N–H and O–H groups in total. The second-order valence-electron chi connectivity index (χ2n) is 4.03. The molecule has 0 bridgehead atoms. The third-order valence-corrected chi connectivity index (χ3v) is 3.10. The molecule has 4 nitrogen and oxygen atoms in total. The van der Waals surface area contributed by atoms with Crippen molar-refractivity contribution in [2.45, 2.75) is 0 Å². The van der Waals surface area contributed by atoms with Crippen molar-refractivity contribution < 1.29 is 15.1 Å². The molecule has 0 unspecified atom stereocenters. The van der Waals surface area contributed by atoms with Crippen LogP contribution in [0.3, 0.4) is 0 Å². The van der Waals surface area contributed by atoms with E-state index < -0.39 is 5.97 Å². The molecule has 0 fully saturated rings. The van der Waals surface area contributed by atoms with Gasteiger partial charge in [-0.1, -0.05) is 41.6 Å².